The van der Waals surface area contributed by atoms with Crippen molar-refractivity contribution in [1.29, 1.82) is 0 Å². The van der Waals surface area contributed by atoms with Gasteiger partial charge in [-0.15, -0.1) is 0 Å². The van der Waals surface area contributed by atoms with Crippen LogP contribution >= 0.6 is 0 Å². The minimum atomic E-state index is 0.821. The van der Waals surface area contributed by atoms with E-state index < -0.39 is 0 Å². The summed E-state index contributed by atoms with van der Waals surface area (Å²) in [7, 11) is 0. The molecule has 0 aliphatic rings. The number of ether oxygens (including phenoxy) is 2. The molecular weight excluding hydrogens is 693 g/mol. The van der Waals surface area contributed by atoms with E-state index in [1.165, 1.54) is 275 Å². The third-order valence-corrected chi connectivity index (χ3v) is 12.6. The van der Waals surface area contributed by atoms with Crippen LogP contribution in [0, 0.1) is 6.92 Å². The second-order valence-corrected chi connectivity index (χ2v) is 18.5. The van der Waals surface area contributed by atoms with Gasteiger partial charge in [0.15, 0.2) is 0 Å². The van der Waals surface area contributed by atoms with Crippen LogP contribution in [0.4, 0.5) is 0 Å². The summed E-state index contributed by atoms with van der Waals surface area (Å²) in [4.78, 5) is 0. The van der Waals surface area contributed by atoms with Gasteiger partial charge < -0.3 is 9.47 Å². The van der Waals surface area contributed by atoms with Crippen molar-refractivity contribution in [2.75, 3.05) is 13.2 Å². The molecule has 1 aromatic carbocycles. The zero-order chi connectivity index (χ0) is 40.8. The van der Waals surface area contributed by atoms with Gasteiger partial charge in [-0.3, -0.25) is 0 Å². The molecule has 0 fully saturated rings. The van der Waals surface area contributed by atoms with Crippen molar-refractivity contribution in [1.82, 2.24) is 0 Å². The van der Waals surface area contributed by atoms with Gasteiger partial charge in [0.1, 0.15) is 11.5 Å². The topological polar surface area (TPSA) is 18.5 Å². The smallest absolute Gasteiger partial charge is 0.123 e. The number of rotatable bonds is 48. The lowest BCUT2D eigenvalue weighted by Gasteiger charge is -2.11. The van der Waals surface area contributed by atoms with E-state index in [-0.39, 0.29) is 0 Å². The maximum atomic E-state index is 6.15. The first-order chi connectivity index (χ1) is 28.3. The Balaban J connectivity index is 1.82. The van der Waals surface area contributed by atoms with Gasteiger partial charge >= 0.3 is 0 Å². The molecule has 57 heavy (non-hydrogen) atoms. The van der Waals surface area contributed by atoms with Gasteiger partial charge in [0.05, 0.1) is 13.2 Å². The van der Waals surface area contributed by atoms with Crippen LogP contribution in [0.25, 0.3) is 0 Å². The molecule has 336 valence electrons. The lowest BCUT2D eigenvalue weighted by molar-refractivity contribution is 0.289. The first-order valence-corrected chi connectivity index (χ1v) is 26.6. The summed E-state index contributed by atoms with van der Waals surface area (Å²) >= 11 is 0. The third-order valence-electron chi connectivity index (χ3n) is 12.6. The standard InChI is InChI=1S/C55H104O2/c1-4-6-8-10-12-14-16-18-20-22-24-26-28-30-32-34-36-38-40-42-44-46-48-56-54-50-53(3)51-55(52-54)57-49-47-45-43-41-39-37-35-33-31-29-27-25-23-21-19-17-15-13-11-9-7-5-2/h50-52H,4-49H2,1-3H3. The highest BCUT2D eigenvalue weighted by molar-refractivity contribution is 5.37. The largest absolute Gasteiger partial charge is 0.493 e. The summed E-state index contributed by atoms with van der Waals surface area (Å²) in [5.41, 5.74) is 1.23. The van der Waals surface area contributed by atoms with Crippen LogP contribution in [0.15, 0.2) is 18.2 Å². The molecule has 0 aliphatic heterocycles. The van der Waals surface area contributed by atoms with Crippen LogP contribution in [0.2, 0.25) is 0 Å². The summed E-state index contributed by atoms with van der Waals surface area (Å²) in [5, 5.41) is 0. The fourth-order valence-corrected chi connectivity index (χ4v) is 8.68. The minimum Gasteiger partial charge on any atom is -0.493 e. The van der Waals surface area contributed by atoms with Crippen LogP contribution in [0.5, 0.6) is 11.5 Å². The Hall–Kier alpha value is -1.18. The summed E-state index contributed by atoms with van der Waals surface area (Å²) in [6, 6.07) is 6.41. The second-order valence-electron chi connectivity index (χ2n) is 18.5. The van der Waals surface area contributed by atoms with E-state index in [0.29, 0.717) is 0 Å². The molecule has 0 N–H and O–H groups in total. The number of hydrogen-bond acceptors (Lipinski definition) is 2. The molecule has 0 aliphatic carbocycles. The molecule has 0 bridgehead atoms. The van der Waals surface area contributed by atoms with E-state index in [9.17, 15) is 0 Å². The van der Waals surface area contributed by atoms with Gasteiger partial charge in [0, 0.05) is 6.07 Å². The molecule has 0 atom stereocenters. The van der Waals surface area contributed by atoms with Gasteiger partial charge in [0.2, 0.25) is 0 Å². The average Bonchev–Trinajstić information content (AvgIpc) is 3.21. The number of unbranched alkanes of at least 4 members (excludes halogenated alkanes) is 42. The zero-order valence-corrected chi connectivity index (χ0v) is 39.6. The molecule has 0 saturated heterocycles. The second kappa shape index (κ2) is 45.9. The van der Waals surface area contributed by atoms with Crippen molar-refractivity contribution in [2.45, 2.75) is 303 Å². The minimum absolute atomic E-state index is 0.821. The van der Waals surface area contributed by atoms with E-state index in [2.05, 4.69) is 39.0 Å². The lowest BCUT2D eigenvalue weighted by atomic mass is 10.0. The molecule has 0 unspecified atom stereocenters. The zero-order valence-electron chi connectivity index (χ0n) is 39.6. The summed E-state index contributed by atoms with van der Waals surface area (Å²) in [5.74, 6) is 1.95. The predicted molar refractivity (Wildman–Crippen MR) is 257 cm³/mol. The molecule has 0 aromatic heterocycles. The predicted octanol–water partition coefficient (Wildman–Crippen LogP) is 20.0. The van der Waals surface area contributed by atoms with Crippen LogP contribution in [-0.4, -0.2) is 13.2 Å². The Labute approximate surface area is 360 Å². The van der Waals surface area contributed by atoms with Crippen LogP contribution < -0.4 is 9.47 Å². The van der Waals surface area contributed by atoms with Gasteiger partial charge in [0.25, 0.3) is 0 Å². The SMILES string of the molecule is CCCCCCCCCCCCCCCCCCCCCCCCOc1cc(C)cc(OCCCCCCCCCCCCCCCCCCCCCCCC)c1. The quantitative estimate of drug-likeness (QED) is 0.0612. The van der Waals surface area contributed by atoms with E-state index in [1.54, 1.807) is 0 Å². The summed E-state index contributed by atoms with van der Waals surface area (Å²) in [6.45, 7) is 8.41. The highest BCUT2D eigenvalue weighted by atomic mass is 16.5. The number of benzene rings is 1. The Kier molecular flexibility index (Phi) is 43.4. The molecule has 0 amide bonds. The highest BCUT2D eigenvalue weighted by Crippen LogP contribution is 2.24. The van der Waals surface area contributed by atoms with Crippen molar-refractivity contribution in [2.24, 2.45) is 0 Å². The van der Waals surface area contributed by atoms with Crippen molar-refractivity contribution >= 4 is 0 Å². The summed E-state index contributed by atoms with van der Waals surface area (Å²) in [6.07, 6.45) is 62.7. The monoisotopic (exact) mass is 797 g/mol. The first-order valence-electron chi connectivity index (χ1n) is 26.6. The highest BCUT2D eigenvalue weighted by Gasteiger charge is 2.03. The Morgan fingerprint density at radius 2 is 0.421 bits per heavy atom. The van der Waals surface area contributed by atoms with Crippen molar-refractivity contribution in [3.8, 4) is 11.5 Å². The average molecular weight is 797 g/mol. The molecule has 1 aromatic rings. The van der Waals surface area contributed by atoms with Crippen LogP contribution in [-0.2, 0) is 0 Å². The maximum Gasteiger partial charge on any atom is 0.123 e. The fraction of sp³-hybridized carbons (Fsp3) is 0.891. The lowest BCUT2D eigenvalue weighted by Crippen LogP contribution is -2.00. The molecule has 0 spiro atoms. The molecule has 1 rings (SSSR count). The maximum absolute atomic E-state index is 6.15. The van der Waals surface area contributed by atoms with Crippen LogP contribution in [0.1, 0.15) is 302 Å². The van der Waals surface area contributed by atoms with Crippen molar-refractivity contribution in [3.05, 3.63) is 23.8 Å². The van der Waals surface area contributed by atoms with Crippen molar-refractivity contribution < 1.29 is 9.47 Å². The molecule has 0 radical (unpaired) electrons. The van der Waals surface area contributed by atoms with Gasteiger partial charge in [-0.2, -0.15) is 0 Å². The van der Waals surface area contributed by atoms with Crippen molar-refractivity contribution in [3.63, 3.8) is 0 Å². The fourth-order valence-electron chi connectivity index (χ4n) is 8.68. The number of aryl methyl sites for hydroxylation is 1. The first kappa shape index (κ1) is 53.8. The van der Waals surface area contributed by atoms with E-state index in [0.717, 1.165) is 37.6 Å². The molecule has 0 saturated carbocycles. The molecular formula is C55H104O2. The molecule has 2 nitrogen and oxygen atoms in total. The van der Waals surface area contributed by atoms with Gasteiger partial charge in [-0.1, -0.05) is 284 Å². The van der Waals surface area contributed by atoms with E-state index >= 15 is 0 Å². The molecule has 0 heterocycles. The van der Waals surface area contributed by atoms with Gasteiger partial charge in [-0.25, -0.2) is 0 Å². The molecule has 2 heteroatoms. The Morgan fingerprint density at radius 1 is 0.246 bits per heavy atom. The normalized spacial score (nSPS) is 11.5. The van der Waals surface area contributed by atoms with Gasteiger partial charge in [-0.05, 0) is 37.5 Å². The summed E-state index contributed by atoms with van der Waals surface area (Å²) < 4.78 is 12.3. The Morgan fingerprint density at radius 3 is 0.614 bits per heavy atom. The van der Waals surface area contributed by atoms with E-state index in [1.807, 2.05) is 0 Å². The third kappa shape index (κ3) is 41.3. The van der Waals surface area contributed by atoms with Crippen LogP contribution in [0.3, 0.4) is 0 Å². The number of hydrogen-bond donors (Lipinski definition) is 0. The van der Waals surface area contributed by atoms with E-state index in [4.69, 9.17) is 9.47 Å². The Bertz CT molecular complexity index is 826.